The zero-order valence-corrected chi connectivity index (χ0v) is 21.0. The third-order valence-electron chi connectivity index (χ3n) is 6.01. The number of rotatable bonds is 10. The van der Waals surface area contributed by atoms with Gasteiger partial charge in [-0.15, -0.1) is 0 Å². The zero-order chi connectivity index (χ0) is 27.2. The van der Waals surface area contributed by atoms with E-state index in [2.05, 4.69) is 15.6 Å². The molecule has 198 valence electrons. The molecule has 10 heteroatoms. The standard InChI is InChI=1S/C29H25N3O7/c1-2-36-17-16-29(26(33)31-28(35)32-27(29)34)39-23-14-12-22(13-15-23)37-21-10-8-20(9-11-21)25-30-18-24(38-25)19-6-4-3-5-7-19/h3-15,18H,2,16-17H2,1H3,(H2,31,32,33,34,35). The summed E-state index contributed by atoms with van der Waals surface area (Å²) < 4.78 is 23.0. The van der Waals surface area contributed by atoms with Crippen LogP contribution in [0.3, 0.4) is 0 Å². The van der Waals surface area contributed by atoms with Crippen LogP contribution in [0.2, 0.25) is 0 Å². The molecule has 3 aromatic carbocycles. The number of ether oxygens (including phenoxy) is 3. The largest absolute Gasteiger partial charge is 0.467 e. The molecule has 0 unspecified atom stereocenters. The Hall–Kier alpha value is -4.96. The van der Waals surface area contributed by atoms with Crippen LogP contribution in [0, 0.1) is 0 Å². The van der Waals surface area contributed by atoms with Gasteiger partial charge >= 0.3 is 6.03 Å². The second-order valence-corrected chi connectivity index (χ2v) is 8.61. The molecule has 10 nitrogen and oxygen atoms in total. The summed E-state index contributed by atoms with van der Waals surface area (Å²) >= 11 is 0. The van der Waals surface area contributed by atoms with Gasteiger partial charge in [0, 0.05) is 24.2 Å². The predicted molar refractivity (Wildman–Crippen MR) is 140 cm³/mol. The number of oxazole rings is 1. The van der Waals surface area contributed by atoms with Crippen LogP contribution in [0.4, 0.5) is 4.79 Å². The van der Waals surface area contributed by atoms with Crippen molar-refractivity contribution in [2.24, 2.45) is 0 Å². The number of benzene rings is 3. The molecule has 1 saturated heterocycles. The highest BCUT2D eigenvalue weighted by Gasteiger charge is 2.52. The van der Waals surface area contributed by atoms with E-state index in [0.717, 1.165) is 11.1 Å². The van der Waals surface area contributed by atoms with E-state index in [-0.39, 0.29) is 18.8 Å². The lowest BCUT2D eigenvalue weighted by Crippen LogP contribution is -2.69. The fraction of sp³-hybridized carbons (Fsp3) is 0.172. The molecule has 2 heterocycles. The first-order valence-electron chi connectivity index (χ1n) is 12.3. The summed E-state index contributed by atoms with van der Waals surface area (Å²) in [6.07, 6.45) is 1.62. The molecule has 1 aliphatic rings. The van der Waals surface area contributed by atoms with Gasteiger partial charge in [0.1, 0.15) is 17.2 Å². The highest BCUT2D eigenvalue weighted by atomic mass is 16.5. The van der Waals surface area contributed by atoms with E-state index in [1.54, 1.807) is 49.5 Å². The third-order valence-corrected chi connectivity index (χ3v) is 6.01. The van der Waals surface area contributed by atoms with Gasteiger partial charge in [0.2, 0.25) is 5.89 Å². The number of nitrogens with one attached hydrogen (secondary N) is 2. The van der Waals surface area contributed by atoms with Crippen LogP contribution in [-0.4, -0.2) is 41.6 Å². The molecule has 4 aromatic rings. The lowest BCUT2D eigenvalue weighted by atomic mass is 9.95. The topological polar surface area (TPSA) is 129 Å². The molecule has 1 aliphatic heterocycles. The first kappa shape index (κ1) is 25.7. The maximum Gasteiger partial charge on any atom is 0.328 e. The lowest BCUT2D eigenvalue weighted by Gasteiger charge is -2.34. The van der Waals surface area contributed by atoms with Crippen molar-refractivity contribution in [1.29, 1.82) is 0 Å². The Morgan fingerprint density at radius 2 is 1.41 bits per heavy atom. The number of hydrogen-bond acceptors (Lipinski definition) is 8. The first-order valence-corrected chi connectivity index (χ1v) is 12.3. The first-order chi connectivity index (χ1) is 19.0. The summed E-state index contributed by atoms with van der Waals surface area (Å²) in [5.41, 5.74) is -0.197. The minimum atomic E-state index is -1.94. The van der Waals surface area contributed by atoms with Crippen molar-refractivity contribution in [1.82, 2.24) is 15.6 Å². The molecule has 1 fully saturated rings. The van der Waals surface area contributed by atoms with Crippen LogP contribution < -0.4 is 20.1 Å². The van der Waals surface area contributed by atoms with E-state index in [1.807, 2.05) is 42.5 Å². The molecule has 0 aliphatic carbocycles. The molecule has 5 rings (SSSR count). The SMILES string of the molecule is CCOCCC1(Oc2ccc(Oc3ccc(-c4ncc(-c5ccccc5)o4)cc3)cc2)C(=O)NC(=O)NC1=O. The normalized spacial score (nSPS) is 14.4. The Labute approximate surface area is 223 Å². The Kier molecular flexibility index (Phi) is 7.37. The number of amides is 4. The molecule has 0 saturated carbocycles. The third kappa shape index (κ3) is 5.65. The van der Waals surface area contributed by atoms with Crippen molar-refractivity contribution in [3.63, 3.8) is 0 Å². The molecule has 2 N–H and O–H groups in total. The van der Waals surface area contributed by atoms with Gasteiger partial charge in [0.05, 0.1) is 12.8 Å². The summed E-state index contributed by atoms with van der Waals surface area (Å²) in [4.78, 5) is 41.2. The molecule has 0 bridgehead atoms. The quantitative estimate of drug-likeness (QED) is 0.224. The maximum absolute atomic E-state index is 12.6. The Bertz CT molecular complexity index is 1450. The fourth-order valence-electron chi connectivity index (χ4n) is 4.00. The van der Waals surface area contributed by atoms with Gasteiger partial charge in [-0.1, -0.05) is 30.3 Å². The Morgan fingerprint density at radius 3 is 2.05 bits per heavy atom. The van der Waals surface area contributed by atoms with Gasteiger partial charge in [-0.3, -0.25) is 20.2 Å². The minimum Gasteiger partial charge on any atom is -0.467 e. The average molecular weight is 528 g/mol. The minimum absolute atomic E-state index is 0.0756. The van der Waals surface area contributed by atoms with Crippen molar-refractivity contribution in [3.8, 4) is 40.0 Å². The van der Waals surface area contributed by atoms with E-state index in [4.69, 9.17) is 18.6 Å². The lowest BCUT2D eigenvalue weighted by molar-refractivity contribution is -0.153. The molecule has 39 heavy (non-hydrogen) atoms. The number of carbonyl (C=O) groups excluding carboxylic acids is 3. The number of hydrogen-bond donors (Lipinski definition) is 2. The van der Waals surface area contributed by atoms with Crippen LogP contribution >= 0.6 is 0 Å². The highest BCUT2D eigenvalue weighted by molar-refractivity contribution is 6.21. The van der Waals surface area contributed by atoms with Gasteiger partial charge < -0.3 is 18.6 Å². The van der Waals surface area contributed by atoms with Crippen LogP contribution in [0.15, 0.2) is 89.5 Å². The highest BCUT2D eigenvalue weighted by Crippen LogP contribution is 2.31. The zero-order valence-electron chi connectivity index (χ0n) is 21.0. The second kappa shape index (κ2) is 11.2. The molecular weight excluding hydrogens is 502 g/mol. The number of nitrogens with zero attached hydrogens (tertiary/aromatic N) is 1. The van der Waals surface area contributed by atoms with Gasteiger partial charge in [0.15, 0.2) is 5.76 Å². The van der Waals surface area contributed by atoms with Crippen LogP contribution in [0.5, 0.6) is 17.2 Å². The van der Waals surface area contributed by atoms with Crippen molar-refractivity contribution in [2.75, 3.05) is 13.2 Å². The number of carbonyl (C=O) groups is 3. The molecular formula is C29H25N3O7. The number of urea groups is 1. The monoisotopic (exact) mass is 527 g/mol. The molecule has 0 atom stereocenters. The smallest absolute Gasteiger partial charge is 0.328 e. The predicted octanol–water partition coefficient (Wildman–Crippen LogP) is 4.71. The van der Waals surface area contributed by atoms with Gasteiger partial charge in [-0.05, 0) is 55.5 Å². The fourth-order valence-corrected chi connectivity index (χ4v) is 4.00. The number of barbiturate groups is 1. The van der Waals surface area contributed by atoms with Gasteiger partial charge in [-0.25, -0.2) is 9.78 Å². The van der Waals surface area contributed by atoms with E-state index in [9.17, 15) is 14.4 Å². The van der Waals surface area contributed by atoms with E-state index in [1.165, 1.54) is 0 Å². The van der Waals surface area contributed by atoms with Crippen molar-refractivity contribution >= 4 is 17.8 Å². The van der Waals surface area contributed by atoms with Crippen molar-refractivity contribution in [3.05, 3.63) is 85.1 Å². The Balaban J connectivity index is 1.25. The maximum atomic E-state index is 12.6. The van der Waals surface area contributed by atoms with Crippen LogP contribution in [0.1, 0.15) is 13.3 Å². The average Bonchev–Trinajstić information content (AvgIpc) is 3.44. The molecule has 0 radical (unpaired) electrons. The van der Waals surface area contributed by atoms with Crippen LogP contribution in [-0.2, 0) is 14.3 Å². The van der Waals surface area contributed by atoms with Crippen molar-refractivity contribution < 1.29 is 33.0 Å². The molecule has 4 amide bonds. The van der Waals surface area contributed by atoms with Gasteiger partial charge in [0.25, 0.3) is 17.4 Å². The summed E-state index contributed by atoms with van der Waals surface area (Å²) in [5, 5.41) is 4.18. The van der Waals surface area contributed by atoms with E-state index in [0.29, 0.717) is 29.8 Å². The summed E-state index contributed by atoms with van der Waals surface area (Å²) in [6, 6.07) is 22.5. The van der Waals surface area contributed by atoms with Gasteiger partial charge in [-0.2, -0.15) is 0 Å². The van der Waals surface area contributed by atoms with Crippen molar-refractivity contribution in [2.45, 2.75) is 18.9 Å². The second-order valence-electron chi connectivity index (χ2n) is 8.61. The summed E-state index contributed by atoms with van der Waals surface area (Å²) in [7, 11) is 0. The molecule has 1 aromatic heterocycles. The summed E-state index contributed by atoms with van der Waals surface area (Å²) in [6.45, 7) is 2.28. The molecule has 0 spiro atoms. The number of imide groups is 2. The van der Waals surface area contributed by atoms with E-state index < -0.39 is 23.4 Å². The van der Waals surface area contributed by atoms with E-state index >= 15 is 0 Å². The number of aromatic nitrogens is 1. The summed E-state index contributed by atoms with van der Waals surface area (Å²) in [5.74, 6) is 0.817. The van der Waals surface area contributed by atoms with Crippen LogP contribution in [0.25, 0.3) is 22.8 Å². The Morgan fingerprint density at radius 1 is 0.795 bits per heavy atom.